The molecule has 0 spiro atoms. The molecule has 1 aromatic rings. The van der Waals surface area contributed by atoms with Crippen molar-refractivity contribution in [3.63, 3.8) is 0 Å². The monoisotopic (exact) mass is 223 g/mol. The highest BCUT2D eigenvalue weighted by Gasteiger charge is 2.12. The van der Waals surface area contributed by atoms with Crippen molar-refractivity contribution >= 4 is 11.7 Å². The molecule has 2 N–H and O–H groups in total. The van der Waals surface area contributed by atoms with Gasteiger partial charge >= 0.3 is 5.97 Å². The third kappa shape index (κ3) is 3.15. The van der Waals surface area contributed by atoms with E-state index in [0.29, 0.717) is 23.6 Å². The van der Waals surface area contributed by atoms with Gasteiger partial charge in [-0.15, -0.1) is 0 Å². The van der Waals surface area contributed by atoms with Crippen LogP contribution in [0.15, 0.2) is 18.2 Å². The fraction of sp³-hybridized carbons (Fsp3) is 0.417. The maximum atomic E-state index is 11.5. The molecule has 0 radical (unpaired) electrons. The molecule has 0 atom stereocenters. The largest absolute Gasteiger partial charge is 0.493 e. The summed E-state index contributed by atoms with van der Waals surface area (Å²) in [4.78, 5) is 11.5. The maximum Gasteiger partial charge on any atom is 0.311 e. The third-order valence-corrected chi connectivity index (χ3v) is 2.18. The summed E-state index contributed by atoms with van der Waals surface area (Å²) < 4.78 is 10.3. The lowest BCUT2D eigenvalue weighted by Gasteiger charge is -2.10. The molecule has 0 saturated carbocycles. The Hall–Kier alpha value is -1.71. The summed E-state index contributed by atoms with van der Waals surface area (Å²) in [5.74, 6) is 0.508. The molecule has 0 aliphatic carbocycles. The van der Waals surface area contributed by atoms with Gasteiger partial charge in [-0.2, -0.15) is 0 Å². The molecule has 0 saturated heterocycles. The number of nitrogen functional groups attached to an aromatic ring is 1. The van der Waals surface area contributed by atoms with Crippen LogP contribution in [0.5, 0.6) is 11.5 Å². The van der Waals surface area contributed by atoms with E-state index >= 15 is 0 Å². The second kappa shape index (κ2) is 6.00. The normalized spacial score (nSPS) is 9.88. The lowest BCUT2D eigenvalue weighted by atomic mass is 10.2. The standard InChI is InChI=1S/C12H17NO3/c1-3-4-8-11(14)16-12-9(13)6-5-7-10(12)15-2/h5-7H,3-4,8,13H2,1-2H3. The number of hydrogen-bond acceptors (Lipinski definition) is 4. The quantitative estimate of drug-likeness (QED) is 0.473. The van der Waals surface area contributed by atoms with E-state index < -0.39 is 0 Å². The van der Waals surface area contributed by atoms with Crippen molar-refractivity contribution in [3.05, 3.63) is 18.2 Å². The van der Waals surface area contributed by atoms with Crippen LogP contribution >= 0.6 is 0 Å². The Bertz CT molecular complexity index is 363. The first kappa shape index (κ1) is 12.4. The number of esters is 1. The van der Waals surface area contributed by atoms with Crippen LogP contribution in [-0.4, -0.2) is 13.1 Å². The number of nitrogens with two attached hydrogens (primary N) is 1. The average Bonchev–Trinajstić information content (AvgIpc) is 2.29. The minimum Gasteiger partial charge on any atom is -0.493 e. The molecule has 4 heteroatoms. The lowest BCUT2D eigenvalue weighted by Crippen LogP contribution is -2.09. The van der Waals surface area contributed by atoms with Gasteiger partial charge in [0.15, 0.2) is 11.5 Å². The summed E-state index contributed by atoms with van der Waals surface area (Å²) in [6, 6.07) is 5.13. The smallest absolute Gasteiger partial charge is 0.311 e. The van der Waals surface area contributed by atoms with Gasteiger partial charge in [-0.1, -0.05) is 19.4 Å². The first-order chi connectivity index (χ1) is 7.69. The van der Waals surface area contributed by atoms with Gasteiger partial charge < -0.3 is 15.2 Å². The zero-order valence-corrected chi connectivity index (χ0v) is 9.66. The Morgan fingerprint density at radius 3 is 2.81 bits per heavy atom. The van der Waals surface area contributed by atoms with E-state index in [9.17, 15) is 4.79 Å². The van der Waals surface area contributed by atoms with Gasteiger partial charge in [-0.25, -0.2) is 0 Å². The van der Waals surface area contributed by atoms with Crippen LogP contribution in [-0.2, 0) is 4.79 Å². The number of para-hydroxylation sites is 1. The summed E-state index contributed by atoms with van der Waals surface area (Å²) in [6.07, 6.45) is 2.17. The second-order valence-electron chi connectivity index (χ2n) is 3.46. The van der Waals surface area contributed by atoms with Crippen molar-refractivity contribution in [1.29, 1.82) is 0 Å². The topological polar surface area (TPSA) is 61.5 Å². The molecule has 0 aliphatic heterocycles. The summed E-state index contributed by atoms with van der Waals surface area (Å²) in [5, 5.41) is 0. The van der Waals surface area contributed by atoms with E-state index in [-0.39, 0.29) is 5.97 Å². The molecule has 0 aromatic heterocycles. The molecule has 4 nitrogen and oxygen atoms in total. The molecule has 88 valence electrons. The van der Waals surface area contributed by atoms with Crippen LogP contribution in [0.25, 0.3) is 0 Å². The molecule has 1 rings (SSSR count). The SMILES string of the molecule is CCCCC(=O)Oc1c(N)cccc1OC. The molecular weight excluding hydrogens is 206 g/mol. The van der Waals surface area contributed by atoms with Gasteiger partial charge in [0.2, 0.25) is 0 Å². The fourth-order valence-electron chi connectivity index (χ4n) is 1.29. The van der Waals surface area contributed by atoms with Crippen molar-refractivity contribution in [2.45, 2.75) is 26.2 Å². The number of methoxy groups -OCH3 is 1. The zero-order valence-electron chi connectivity index (χ0n) is 9.66. The highest BCUT2D eigenvalue weighted by atomic mass is 16.6. The molecule has 0 heterocycles. The van der Waals surface area contributed by atoms with E-state index in [2.05, 4.69) is 0 Å². The molecule has 0 bridgehead atoms. The number of rotatable bonds is 5. The van der Waals surface area contributed by atoms with Crippen LogP contribution in [0, 0.1) is 0 Å². The third-order valence-electron chi connectivity index (χ3n) is 2.18. The fourth-order valence-corrected chi connectivity index (χ4v) is 1.29. The molecule has 0 fully saturated rings. The number of unbranched alkanes of at least 4 members (excludes halogenated alkanes) is 1. The Morgan fingerprint density at radius 2 is 2.19 bits per heavy atom. The Kier molecular flexibility index (Phi) is 4.64. The summed E-state index contributed by atoms with van der Waals surface area (Å²) in [5.41, 5.74) is 6.12. The summed E-state index contributed by atoms with van der Waals surface area (Å²) in [7, 11) is 1.51. The first-order valence-corrected chi connectivity index (χ1v) is 5.32. The number of carbonyl (C=O) groups excluding carboxylic acids is 1. The van der Waals surface area contributed by atoms with Crippen molar-refractivity contribution in [1.82, 2.24) is 0 Å². The molecule has 1 aromatic carbocycles. The van der Waals surface area contributed by atoms with Gasteiger partial charge in [-0.3, -0.25) is 4.79 Å². The van der Waals surface area contributed by atoms with E-state index in [1.807, 2.05) is 6.92 Å². The van der Waals surface area contributed by atoms with Gasteiger partial charge in [-0.05, 0) is 18.6 Å². The number of anilines is 1. The van der Waals surface area contributed by atoms with Crippen LogP contribution < -0.4 is 15.2 Å². The van der Waals surface area contributed by atoms with E-state index in [1.54, 1.807) is 18.2 Å². The lowest BCUT2D eigenvalue weighted by molar-refractivity contribution is -0.134. The predicted molar refractivity (Wildman–Crippen MR) is 62.6 cm³/mol. The van der Waals surface area contributed by atoms with Gasteiger partial charge in [0.25, 0.3) is 0 Å². The van der Waals surface area contributed by atoms with E-state index in [4.69, 9.17) is 15.2 Å². The van der Waals surface area contributed by atoms with E-state index in [1.165, 1.54) is 7.11 Å². The molecule has 16 heavy (non-hydrogen) atoms. The molecular formula is C12H17NO3. The van der Waals surface area contributed by atoms with Gasteiger partial charge in [0.05, 0.1) is 12.8 Å². The predicted octanol–water partition coefficient (Wildman–Crippen LogP) is 2.37. The molecule has 0 aliphatic rings. The Labute approximate surface area is 95.3 Å². The number of carbonyl (C=O) groups is 1. The molecule has 0 unspecified atom stereocenters. The van der Waals surface area contributed by atoms with Crippen LogP contribution in [0.1, 0.15) is 26.2 Å². The Morgan fingerprint density at radius 1 is 1.44 bits per heavy atom. The highest BCUT2D eigenvalue weighted by molar-refractivity contribution is 5.76. The van der Waals surface area contributed by atoms with Crippen molar-refractivity contribution in [2.24, 2.45) is 0 Å². The first-order valence-electron chi connectivity index (χ1n) is 5.32. The van der Waals surface area contributed by atoms with Crippen molar-refractivity contribution < 1.29 is 14.3 Å². The number of hydrogen-bond donors (Lipinski definition) is 1. The highest BCUT2D eigenvalue weighted by Crippen LogP contribution is 2.33. The van der Waals surface area contributed by atoms with Gasteiger partial charge in [0.1, 0.15) is 0 Å². The minimum absolute atomic E-state index is 0.280. The number of benzene rings is 1. The Balaban J connectivity index is 2.75. The summed E-state index contributed by atoms with van der Waals surface area (Å²) in [6.45, 7) is 2.02. The summed E-state index contributed by atoms with van der Waals surface area (Å²) >= 11 is 0. The van der Waals surface area contributed by atoms with Gasteiger partial charge in [0, 0.05) is 6.42 Å². The second-order valence-corrected chi connectivity index (χ2v) is 3.46. The average molecular weight is 223 g/mol. The number of ether oxygens (including phenoxy) is 2. The maximum absolute atomic E-state index is 11.5. The van der Waals surface area contributed by atoms with E-state index in [0.717, 1.165) is 12.8 Å². The van der Waals surface area contributed by atoms with Crippen LogP contribution in [0.2, 0.25) is 0 Å². The van der Waals surface area contributed by atoms with Crippen molar-refractivity contribution in [3.8, 4) is 11.5 Å². The minimum atomic E-state index is -0.280. The van der Waals surface area contributed by atoms with Crippen molar-refractivity contribution in [2.75, 3.05) is 12.8 Å². The zero-order chi connectivity index (χ0) is 12.0. The van der Waals surface area contributed by atoms with Crippen LogP contribution in [0.4, 0.5) is 5.69 Å². The van der Waals surface area contributed by atoms with Crippen LogP contribution in [0.3, 0.4) is 0 Å². The molecule has 0 amide bonds.